The summed E-state index contributed by atoms with van der Waals surface area (Å²) in [7, 11) is -1.63. The van der Waals surface area contributed by atoms with Crippen molar-refractivity contribution in [3.05, 3.63) is 0 Å². The van der Waals surface area contributed by atoms with Gasteiger partial charge in [-0.1, -0.05) is 0 Å². The summed E-state index contributed by atoms with van der Waals surface area (Å²) < 4.78 is 28.3. The molecule has 0 radical (unpaired) electrons. The van der Waals surface area contributed by atoms with Gasteiger partial charge in [0.25, 0.3) is 10.2 Å². The van der Waals surface area contributed by atoms with Crippen molar-refractivity contribution in [2.75, 3.05) is 7.05 Å². The average molecular weight is 261 g/mol. The van der Waals surface area contributed by atoms with E-state index in [0.717, 1.165) is 12.8 Å². The fourth-order valence-corrected chi connectivity index (χ4v) is 4.23. The Hall–Kier alpha value is -0.170. The summed E-state index contributed by atoms with van der Waals surface area (Å²) in [6.07, 6.45) is 4.25. The Morgan fingerprint density at radius 1 is 1.24 bits per heavy atom. The minimum absolute atomic E-state index is 0.0547. The summed E-state index contributed by atoms with van der Waals surface area (Å²) in [6, 6.07) is 1.11. The first-order chi connectivity index (χ1) is 7.88. The van der Waals surface area contributed by atoms with E-state index < -0.39 is 10.2 Å². The number of hydrogen-bond donors (Lipinski definition) is 2. The molecule has 17 heavy (non-hydrogen) atoms. The molecule has 0 aromatic rings. The third-order valence-electron chi connectivity index (χ3n) is 3.73. The van der Waals surface area contributed by atoms with E-state index in [-0.39, 0.29) is 12.1 Å². The van der Waals surface area contributed by atoms with Crippen LogP contribution in [0.1, 0.15) is 39.5 Å². The molecule has 0 aromatic carbocycles. The second-order valence-electron chi connectivity index (χ2n) is 5.56. The Kier molecular flexibility index (Phi) is 3.77. The monoisotopic (exact) mass is 261 g/mol. The highest BCUT2D eigenvalue weighted by Crippen LogP contribution is 2.29. The zero-order valence-corrected chi connectivity index (χ0v) is 11.6. The lowest BCUT2D eigenvalue weighted by atomic mass is 10.0. The highest BCUT2D eigenvalue weighted by Gasteiger charge is 2.38. The van der Waals surface area contributed by atoms with Gasteiger partial charge in [-0.05, 0) is 39.5 Å². The van der Waals surface area contributed by atoms with Crippen molar-refractivity contribution in [2.24, 2.45) is 0 Å². The van der Waals surface area contributed by atoms with E-state index in [0.29, 0.717) is 12.1 Å². The predicted octanol–water partition coefficient (Wildman–Crippen LogP) is 0.444. The van der Waals surface area contributed by atoms with Gasteiger partial charge >= 0.3 is 0 Å². The van der Waals surface area contributed by atoms with E-state index in [1.807, 2.05) is 13.8 Å². The maximum Gasteiger partial charge on any atom is 0.279 e. The number of nitrogens with one attached hydrogen (secondary N) is 2. The van der Waals surface area contributed by atoms with Gasteiger partial charge in [0.05, 0.1) is 0 Å². The second kappa shape index (κ2) is 4.84. The molecule has 2 atom stereocenters. The molecule has 100 valence electrons. The van der Waals surface area contributed by atoms with Gasteiger partial charge < -0.3 is 5.32 Å². The molecular formula is C11H23N3O2S. The van der Waals surface area contributed by atoms with Crippen molar-refractivity contribution in [3.8, 4) is 0 Å². The molecule has 2 saturated heterocycles. The molecule has 0 saturated carbocycles. The summed E-state index contributed by atoms with van der Waals surface area (Å²) in [4.78, 5) is 0. The standard InChI is InChI=1S/C11H23N3O2S/c1-8(2)13-17(15,16)14(3)11-6-9-4-5-10(7-11)12-9/h8-13H,4-7H2,1-3H3. The fraction of sp³-hybridized carbons (Fsp3) is 1.00. The zero-order chi connectivity index (χ0) is 12.6. The largest absolute Gasteiger partial charge is 0.311 e. The molecule has 2 fully saturated rings. The third-order valence-corrected chi connectivity index (χ3v) is 5.55. The Morgan fingerprint density at radius 3 is 2.24 bits per heavy atom. The zero-order valence-electron chi connectivity index (χ0n) is 10.8. The molecule has 2 heterocycles. The van der Waals surface area contributed by atoms with E-state index in [1.165, 1.54) is 17.1 Å². The second-order valence-corrected chi connectivity index (χ2v) is 7.32. The predicted molar refractivity (Wildman–Crippen MR) is 67.9 cm³/mol. The highest BCUT2D eigenvalue weighted by atomic mass is 32.2. The number of nitrogens with zero attached hydrogens (tertiary/aromatic N) is 1. The molecule has 0 spiro atoms. The maximum absolute atomic E-state index is 12.1. The van der Waals surface area contributed by atoms with Gasteiger partial charge in [0.2, 0.25) is 0 Å². The van der Waals surface area contributed by atoms with Crippen LogP contribution in [-0.2, 0) is 10.2 Å². The van der Waals surface area contributed by atoms with Crippen molar-refractivity contribution < 1.29 is 8.42 Å². The summed E-state index contributed by atoms with van der Waals surface area (Å²) in [5.74, 6) is 0. The topological polar surface area (TPSA) is 61.4 Å². The van der Waals surface area contributed by atoms with Gasteiger partial charge in [-0.3, -0.25) is 0 Å². The van der Waals surface area contributed by atoms with Crippen LogP contribution in [0.2, 0.25) is 0 Å². The minimum Gasteiger partial charge on any atom is -0.311 e. The number of rotatable bonds is 4. The van der Waals surface area contributed by atoms with Crippen LogP contribution in [0.4, 0.5) is 0 Å². The summed E-state index contributed by atoms with van der Waals surface area (Å²) >= 11 is 0. The Labute approximate surface area is 104 Å². The molecular weight excluding hydrogens is 238 g/mol. The molecule has 2 unspecified atom stereocenters. The lowest BCUT2D eigenvalue weighted by Gasteiger charge is -2.35. The van der Waals surface area contributed by atoms with Crippen molar-refractivity contribution in [3.63, 3.8) is 0 Å². The summed E-state index contributed by atoms with van der Waals surface area (Å²) in [5, 5.41) is 3.53. The van der Waals surface area contributed by atoms with Crippen molar-refractivity contribution >= 4 is 10.2 Å². The first kappa shape index (κ1) is 13.3. The number of fused-ring (bicyclic) bond motifs is 2. The van der Waals surface area contributed by atoms with Gasteiger partial charge in [0.1, 0.15) is 0 Å². The molecule has 2 rings (SSSR count). The lowest BCUT2D eigenvalue weighted by molar-refractivity contribution is 0.249. The first-order valence-corrected chi connectivity index (χ1v) is 7.84. The highest BCUT2D eigenvalue weighted by molar-refractivity contribution is 7.87. The Bertz CT molecular complexity index is 357. The van der Waals surface area contributed by atoms with Crippen LogP contribution in [-0.4, -0.2) is 43.9 Å². The van der Waals surface area contributed by atoms with Crippen molar-refractivity contribution in [1.29, 1.82) is 0 Å². The van der Waals surface area contributed by atoms with Gasteiger partial charge in [0, 0.05) is 31.2 Å². The molecule has 0 aliphatic carbocycles. The lowest BCUT2D eigenvalue weighted by Crippen LogP contribution is -2.52. The van der Waals surface area contributed by atoms with E-state index in [2.05, 4.69) is 10.0 Å². The third kappa shape index (κ3) is 2.99. The Morgan fingerprint density at radius 2 is 1.76 bits per heavy atom. The SMILES string of the molecule is CC(C)NS(=O)(=O)N(C)C1CC2CCC(C1)N2. The van der Waals surface area contributed by atoms with Gasteiger partial charge in [0.15, 0.2) is 0 Å². The quantitative estimate of drug-likeness (QED) is 0.772. The van der Waals surface area contributed by atoms with Gasteiger partial charge in [-0.2, -0.15) is 17.4 Å². The van der Waals surface area contributed by atoms with Crippen molar-refractivity contribution in [2.45, 2.75) is 63.7 Å². The van der Waals surface area contributed by atoms with Gasteiger partial charge in [-0.15, -0.1) is 0 Å². The fourth-order valence-electron chi connectivity index (χ4n) is 2.90. The van der Waals surface area contributed by atoms with Crippen molar-refractivity contribution in [1.82, 2.24) is 14.3 Å². The van der Waals surface area contributed by atoms with Crippen LogP contribution >= 0.6 is 0 Å². The first-order valence-electron chi connectivity index (χ1n) is 6.40. The molecule has 0 aromatic heterocycles. The Balaban J connectivity index is 2.02. The maximum atomic E-state index is 12.1. The summed E-state index contributed by atoms with van der Waals surface area (Å²) in [6.45, 7) is 3.69. The van der Waals surface area contributed by atoms with Crippen LogP contribution in [0.3, 0.4) is 0 Å². The molecule has 6 heteroatoms. The van der Waals surface area contributed by atoms with E-state index in [4.69, 9.17) is 0 Å². The van der Waals surface area contributed by atoms with Crippen LogP contribution < -0.4 is 10.0 Å². The van der Waals surface area contributed by atoms with E-state index in [1.54, 1.807) is 7.05 Å². The number of hydrogen-bond acceptors (Lipinski definition) is 3. The molecule has 2 bridgehead atoms. The van der Waals surface area contributed by atoms with Gasteiger partial charge in [-0.25, -0.2) is 0 Å². The molecule has 2 aliphatic rings. The van der Waals surface area contributed by atoms with Crippen LogP contribution in [0.25, 0.3) is 0 Å². The molecule has 5 nitrogen and oxygen atoms in total. The van der Waals surface area contributed by atoms with E-state index in [9.17, 15) is 8.42 Å². The molecule has 0 amide bonds. The molecule has 2 aliphatic heterocycles. The molecule has 2 N–H and O–H groups in total. The van der Waals surface area contributed by atoms with Crippen LogP contribution in [0.5, 0.6) is 0 Å². The smallest absolute Gasteiger partial charge is 0.279 e. The van der Waals surface area contributed by atoms with E-state index >= 15 is 0 Å². The summed E-state index contributed by atoms with van der Waals surface area (Å²) in [5.41, 5.74) is 0. The minimum atomic E-state index is -3.32. The average Bonchev–Trinajstić information content (AvgIpc) is 2.54. The van der Waals surface area contributed by atoms with Crippen LogP contribution in [0, 0.1) is 0 Å². The normalized spacial score (nSPS) is 33.6. The number of piperidine rings is 1. The van der Waals surface area contributed by atoms with Crippen LogP contribution in [0.15, 0.2) is 0 Å².